The van der Waals surface area contributed by atoms with E-state index in [1.165, 1.54) is 6.07 Å². The Morgan fingerprint density at radius 1 is 1.26 bits per heavy atom. The van der Waals surface area contributed by atoms with Crippen LogP contribution in [0, 0.1) is 0 Å². The fourth-order valence-corrected chi connectivity index (χ4v) is 2.70. The van der Waals surface area contributed by atoms with Crippen LogP contribution in [0.4, 0.5) is 0 Å². The van der Waals surface area contributed by atoms with Crippen LogP contribution in [0.5, 0.6) is 5.75 Å². The molecule has 0 aliphatic carbocycles. The van der Waals surface area contributed by atoms with Crippen molar-refractivity contribution in [1.29, 1.82) is 0 Å². The summed E-state index contributed by atoms with van der Waals surface area (Å²) in [5.41, 5.74) is 0.950. The van der Waals surface area contributed by atoms with E-state index < -0.39 is 17.7 Å². The molecule has 2 aromatic rings. The highest BCUT2D eigenvalue weighted by Gasteiger charge is 2.15. The third kappa shape index (κ3) is 6.13. The number of carbonyl (C=O) groups excluding carboxylic acids is 2. The molecule has 1 aromatic heterocycles. The van der Waals surface area contributed by atoms with Gasteiger partial charge in [-0.2, -0.15) is 0 Å². The summed E-state index contributed by atoms with van der Waals surface area (Å²) in [4.78, 5) is 34.1. The first-order chi connectivity index (χ1) is 12.9. The van der Waals surface area contributed by atoms with E-state index in [0.29, 0.717) is 17.8 Å². The van der Waals surface area contributed by atoms with Gasteiger partial charge in [-0.25, -0.2) is 4.79 Å². The Morgan fingerprint density at radius 3 is 2.74 bits per heavy atom. The van der Waals surface area contributed by atoms with Crippen LogP contribution in [-0.2, 0) is 16.0 Å². The van der Waals surface area contributed by atoms with Crippen molar-refractivity contribution >= 4 is 22.8 Å². The molecule has 0 fully saturated rings. The predicted molar refractivity (Wildman–Crippen MR) is 98.4 cm³/mol. The number of aliphatic carboxylic acids is 1. The van der Waals surface area contributed by atoms with Crippen LogP contribution in [0.25, 0.3) is 11.0 Å². The normalized spacial score (nSPS) is 11.9. The quantitative estimate of drug-likeness (QED) is 0.499. The monoisotopic (exact) mass is 374 g/mol. The molecule has 27 heavy (non-hydrogen) atoms. The molecule has 0 spiro atoms. The molecule has 1 heterocycles. The Kier molecular flexibility index (Phi) is 7.40. The van der Waals surface area contributed by atoms with E-state index in [-0.39, 0.29) is 18.9 Å². The van der Waals surface area contributed by atoms with Gasteiger partial charge in [-0.15, -0.1) is 0 Å². The maximum absolute atomic E-state index is 12.0. The van der Waals surface area contributed by atoms with E-state index in [0.717, 1.165) is 30.2 Å². The summed E-state index contributed by atoms with van der Waals surface area (Å²) in [7, 11) is 0. The molecule has 1 aromatic carbocycles. The number of nitrogens with one attached hydrogen (secondary N) is 1. The van der Waals surface area contributed by atoms with Crippen LogP contribution in [0.15, 0.2) is 33.5 Å². The molecule has 7 nitrogen and oxygen atoms in total. The molecule has 7 heteroatoms. The summed E-state index contributed by atoms with van der Waals surface area (Å²) in [6.07, 6.45) is 2.20. The largest absolute Gasteiger partial charge is 0.550 e. The first kappa shape index (κ1) is 20.5. The zero-order valence-corrected chi connectivity index (χ0v) is 15.6. The standard InChI is InChI=1S/C20H25NO6/c1-3-4-6-14-11-19(24)27-17-12-15(8-9-16(14)17)26-13(2)20(25)21-10-5-7-18(22)23/h8-9,11-13H,3-7,10H2,1-2H3,(H,21,25)(H,22,23)/p-1/t13-/m0/s1. The lowest BCUT2D eigenvalue weighted by atomic mass is 10.0. The van der Waals surface area contributed by atoms with E-state index in [2.05, 4.69) is 12.2 Å². The van der Waals surface area contributed by atoms with E-state index >= 15 is 0 Å². The Hall–Kier alpha value is -2.83. The van der Waals surface area contributed by atoms with Gasteiger partial charge in [0, 0.05) is 30.0 Å². The second-order valence-corrected chi connectivity index (χ2v) is 6.38. The van der Waals surface area contributed by atoms with Gasteiger partial charge in [0.05, 0.1) is 0 Å². The average molecular weight is 374 g/mol. The summed E-state index contributed by atoms with van der Waals surface area (Å²) < 4.78 is 10.9. The Morgan fingerprint density at radius 2 is 2.04 bits per heavy atom. The van der Waals surface area contributed by atoms with Gasteiger partial charge in [0.1, 0.15) is 11.3 Å². The molecular weight excluding hydrogens is 350 g/mol. The summed E-state index contributed by atoms with van der Waals surface area (Å²) in [5, 5.41) is 13.8. The molecule has 0 saturated heterocycles. The molecule has 146 valence electrons. The number of amides is 1. The lowest BCUT2D eigenvalue weighted by Gasteiger charge is -2.15. The molecule has 0 saturated carbocycles. The molecular formula is C20H24NO6-. The fraction of sp³-hybridized carbons (Fsp3) is 0.450. The van der Waals surface area contributed by atoms with Crippen LogP contribution in [-0.4, -0.2) is 24.5 Å². The molecule has 2 rings (SSSR count). The second kappa shape index (κ2) is 9.75. The Balaban J connectivity index is 2.05. The first-order valence-corrected chi connectivity index (χ1v) is 9.11. The number of carboxylic acids is 1. The number of unbranched alkanes of at least 4 members (excludes halogenated alkanes) is 1. The molecule has 0 bridgehead atoms. The van der Waals surface area contributed by atoms with Gasteiger partial charge in [-0.05, 0) is 50.3 Å². The Labute approximate surface area is 157 Å². The van der Waals surface area contributed by atoms with Crippen LogP contribution in [0.1, 0.15) is 45.1 Å². The summed E-state index contributed by atoms with van der Waals surface area (Å²) >= 11 is 0. The minimum atomic E-state index is -1.15. The van der Waals surface area contributed by atoms with Crippen molar-refractivity contribution in [3.63, 3.8) is 0 Å². The zero-order chi connectivity index (χ0) is 19.8. The molecule has 1 N–H and O–H groups in total. The SMILES string of the molecule is CCCCc1cc(=O)oc2cc(O[C@@H](C)C(=O)NCCCC(=O)[O-])ccc12. The van der Waals surface area contributed by atoms with Gasteiger partial charge >= 0.3 is 5.63 Å². The van der Waals surface area contributed by atoms with Crippen LogP contribution >= 0.6 is 0 Å². The Bertz CT molecular complexity index is 857. The maximum atomic E-state index is 12.0. The topological polar surface area (TPSA) is 109 Å². The summed E-state index contributed by atoms with van der Waals surface area (Å²) in [6.45, 7) is 3.91. The number of fused-ring (bicyclic) bond motifs is 1. The molecule has 1 amide bonds. The summed E-state index contributed by atoms with van der Waals surface area (Å²) in [6, 6.07) is 6.67. The number of aryl methyl sites for hydroxylation is 1. The van der Waals surface area contributed by atoms with Crippen LogP contribution in [0.2, 0.25) is 0 Å². The van der Waals surface area contributed by atoms with E-state index in [1.54, 1.807) is 19.1 Å². The number of rotatable bonds is 10. The van der Waals surface area contributed by atoms with Crippen molar-refractivity contribution in [3.05, 3.63) is 40.2 Å². The highest BCUT2D eigenvalue weighted by Crippen LogP contribution is 2.24. The molecule has 1 atom stereocenters. The minimum Gasteiger partial charge on any atom is -0.550 e. The van der Waals surface area contributed by atoms with E-state index in [1.807, 2.05) is 6.07 Å². The predicted octanol–water partition coefficient (Wildman–Crippen LogP) is 1.55. The number of benzene rings is 1. The molecule has 0 radical (unpaired) electrons. The van der Waals surface area contributed by atoms with Gasteiger partial charge in [0.25, 0.3) is 5.91 Å². The second-order valence-electron chi connectivity index (χ2n) is 6.38. The van der Waals surface area contributed by atoms with Crippen molar-refractivity contribution in [2.75, 3.05) is 6.54 Å². The number of carboxylic acid groups (broad SMARTS) is 1. The van der Waals surface area contributed by atoms with Gasteiger partial charge in [-0.3, -0.25) is 4.79 Å². The van der Waals surface area contributed by atoms with E-state index in [4.69, 9.17) is 9.15 Å². The lowest BCUT2D eigenvalue weighted by Crippen LogP contribution is -2.37. The third-order valence-electron chi connectivity index (χ3n) is 4.14. The smallest absolute Gasteiger partial charge is 0.336 e. The molecule has 0 unspecified atom stereocenters. The number of carbonyl (C=O) groups is 2. The summed E-state index contributed by atoms with van der Waals surface area (Å²) in [5.74, 6) is -1.09. The van der Waals surface area contributed by atoms with Crippen LogP contribution in [0.3, 0.4) is 0 Å². The first-order valence-electron chi connectivity index (χ1n) is 9.11. The minimum absolute atomic E-state index is 0.112. The van der Waals surface area contributed by atoms with Gasteiger partial charge in [0.15, 0.2) is 6.10 Å². The van der Waals surface area contributed by atoms with Gasteiger partial charge in [0.2, 0.25) is 0 Å². The fourth-order valence-electron chi connectivity index (χ4n) is 2.70. The molecule has 0 aliphatic heterocycles. The highest BCUT2D eigenvalue weighted by molar-refractivity contribution is 5.83. The van der Waals surface area contributed by atoms with Crippen molar-refractivity contribution < 1.29 is 23.8 Å². The number of hydrogen-bond acceptors (Lipinski definition) is 6. The molecule has 0 aliphatic rings. The maximum Gasteiger partial charge on any atom is 0.336 e. The number of ether oxygens (including phenoxy) is 1. The average Bonchev–Trinajstić information content (AvgIpc) is 2.62. The zero-order valence-electron chi connectivity index (χ0n) is 15.6. The van der Waals surface area contributed by atoms with Gasteiger partial charge < -0.3 is 24.4 Å². The van der Waals surface area contributed by atoms with Crippen molar-refractivity contribution in [1.82, 2.24) is 5.32 Å². The van der Waals surface area contributed by atoms with Gasteiger partial charge in [-0.1, -0.05) is 13.3 Å². The third-order valence-corrected chi connectivity index (χ3v) is 4.14. The lowest BCUT2D eigenvalue weighted by molar-refractivity contribution is -0.305. The van der Waals surface area contributed by atoms with Crippen LogP contribution < -0.4 is 20.8 Å². The number of hydrogen-bond donors (Lipinski definition) is 1. The van der Waals surface area contributed by atoms with Crippen molar-refractivity contribution in [3.8, 4) is 5.75 Å². The van der Waals surface area contributed by atoms with Crippen molar-refractivity contribution in [2.24, 2.45) is 0 Å². The van der Waals surface area contributed by atoms with Crippen molar-refractivity contribution in [2.45, 2.75) is 52.1 Å². The highest BCUT2D eigenvalue weighted by atomic mass is 16.5. The van der Waals surface area contributed by atoms with E-state index in [9.17, 15) is 19.5 Å².